The van der Waals surface area contributed by atoms with Crippen LogP contribution in [0.4, 0.5) is 5.69 Å². The zero-order valence-corrected chi connectivity index (χ0v) is 16.0. The minimum atomic E-state index is -1.07. The number of thioether (sulfide) groups is 1. The minimum absolute atomic E-state index is 0.292. The zero-order valence-electron chi connectivity index (χ0n) is 15.2. The number of rotatable bonds is 6. The molecular weight excluding hydrogens is 380 g/mol. The van der Waals surface area contributed by atoms with Gasteiger partial charge in [-0.1, -0.05) is 30.3 Å². The largest absolute Gasteiger partial charge is 0.494 e. The van der Waals surface area contributed by atoms with E-state index in [1.165, 1.54) is 18.7 Å². The lowest BCUT2D eigenvalue weighted by atomic mass is 10.2. The first kappa shape index (κ1) is 19.5. The molecule has 144 valence electrons. The van der Waals surface area contributed by atoms with Gasteiger partial charge in [0.15, 0.2) is 11.3 Å². The number of hydrogen-bond donors (Lipinski definition) is 2. The number of hydrogen-bond acceptors (Lipinski definition) is 6. The van der Waals surface area contributed by atoms with E-state index in [2.05, 4.69) is 10.3 Å². The highest BCUT2D eigenvalue weighted by molar-refractivity contribution is 8.18. The lowest BCUT2D eigenvalue weighted by molar-refractivity contribution is -0.144. The Bertz CT molecular complexity index is 971. The molecule has 2 N–H and O–H groups in total. The van der Waals surface area contributed by atoms with Crippen molar-refractivity contribution >= 4 is 40.6 Å². The van der Waals surface area contributed by atoms with Crippen LogP contribution >= 0.6 is 11.8 Å². The van der Waals surface area contributed by atoms with E-state index in [-0.39, 0.29) is 5.91 Å². The van der Waals surface area contributed by atoms with E-state index in [9.17, 15) is 9.59 Å². The molecule has 1 aliphatic rings. The fraction of sp³-hybridized carbons (Fsp3) is 0.150. The van der Waals surface area contributed by atoms with Crippen molar-refractivity contribution in [3.8, 4) is 11.5 Å². The number of aliphatic carboxylic acids is 1. The third kappa shape index (κ3) is 4.52. The third-order valence-electron chi connectivity index (χ3n) is 3.82. The number of amides is 1. The molecule has 1 heterocycles. The Morgan fingerprint density at radius 3 is 2.57 bits per heavy atom. The predicted octanol–water partition coefficient (Wildman–Crippen LogP) is 3.44. The number of carbonyl (C=O) groups excluding carboxylic acids is 1. The van der Waals surface area contributed by atoms with Crippen molar-refractivity contribution < 1.29 is 24.2 Å². The van der Waals surface area contributed by atoms with Gasteiger partial charge in [0.1, 0.15) is 17.2 Å². The second kappa shape index (κ2) is 8.62. The quantitative estimate of drug-likeness (QED) is 0.724. The van der Waals surface area contributed by atoms with Gasteiger partial charge >= 0.3 is 5.97 Å². The molecule has 2 aromatic rings. The molecule has 0 radical (unpaired) electrons. The van der Waals surface area contributed by atoms with Crippen molar-refractivity contribution in [2.24, 2.45) is 4.99 Å². The average molecular weight is 398 g/mol. The molecule has 1 saturated heterocycles. The number of carbonyl (C=O) groups is 2. The van der Waals surface area contributed by atoms with Crippen molar-refractivity contribution in [2.45, 2.75) is 13.0 Å². The smallest absolute Gasteiger partial charge is 0.344 e. The Hall–Kier alpha value is -3.26. The molecule has 0 aromatic heterocycles. The van der Waals surface area contributed by atoms with E-state index in [4.69, 9.17) is 14.6 Å². The summed E-state index contributed by atoms with van der Waals surface area (Å²) in [6.07, 6.45) is 0.640. The summed E-state index contributed by atoms with van der Waals surface area (Å²) in [5.41, 5.74) is 1.21. The molecule has 1 unspecified atom stereocenters. The highest BCUT2D eigenvalue weighted by Crippen LogP contribution is 2.33. The summed E-state index contributed by atoms with van der Waals surface area (Å²) in [6.45, 7) is 1.45. The zero-order chi connectivity index (χ0) is 20.1. The topological polar surface area (TPSA) is 97.2 Å². The number of nitrogens with zero attached hydrogens (tertiary/aromatic N) is 1. The van der Waals surface area contributed by atoms with Crippen molar-refractivity contribution in [3.63, 3.8) is 0 Å². The fourth-order valence-electron chi connectivity index (χ4n) is 2.40. The number of amidine groups is 1. The van der Waals surface area contributed by atoms with Crippen molar-refractivity contribution in [1.82, 2.24) is 5.32 Å². The van der Waals surface area contributed by atoms with Crippen LogP contribution in [0.15, 0.2) is 58.4 Å². The Balaban J connectivity index is 1.86. The third-order valence-corrected chi connectivity index (χ3v) is 4.73. The normalized spacial score (nSPS) is 17.4. The maximum atomic E-state index is 12.3. The molecule has 1 aliphatic heterocycles. The van der Waals surface area contributed by atoms with E-state index in [0.717, 1.165) is 0 Å². The number of carboxylic acids is 1. The number of para-hydroxylation sites is 3. The summed E-state index contributed by atoms with van der Waals surface area (Å²) in [5.74, 6) is -0.376. The molecule has 3 rings (SSSR count). The summed E-state index contributed by atoms with van der Waals surface area (Å²) >= 11 is 1.18. The molecule has 0 bridgehead atoms. The first-order valence-electron chi connectivity index (χ1n) is 8.39. The van der Waals surface area contributed by atoms with Gasteiger partial charge < -0.3 is 19.9 Å². The Kier molecular flexibility index (Phi) is 6.00. The lowest BCUT2D eigenvalue weighted by Crippen LogP contribution is -2.23. The monoisotopic (exact) mass is 398 g/mol. The van der Waals surface area contributed by atoms with Gasteiger partial charge in [-0.15, -0.1) is 0 Å². The maximum Gasteiger partial charge on any atom is 0.344 e. The van der Waals surface area contributed by atoms with Crippen LogP contribution in [0.5, 0.6) is 11.5 Å². The van der Waals surface area contributed by atoms with E-state index in [1.54, 1.807) is 49.6 Å². The first-order valence-corrected chi connectivity index (χ1v) is 9.20. The number of carboxylic acid groups (broad SMARTS) is 1. The van der Waals surface area contributed by atoms with Gasteiger partial charge in [0.25, 0.3) is 5.91 Å². The Labute approximate surface area is 166 Å². The van der Waals surface area contributed by atoms with Crippen LogP contribution < -0.4 is 14.8 Å². The number of benzene rings is 2. The second-order valence-corrected chi connectivity index (χ2v) is 6.82. The van der Waals surface area contributed by atoms with Crippen molar-refractivity contribution in [3.05, 3.63) is 59.0 Å². The summed E-state index contributed by atoms with van der Waals surface area (Å²) < 4.78 is 10.7. The molecule has 28 heavy (non-hydrogen) atoms. The van der Waals surface area contributed by atoms with Gasteiger partial charge in [0.05, 0.1) is 12.0 Å². The summed E-state index contributed by atoms with van der Waals surface area (Å²) in [4.78, 5) is 28.2. The molecule has 0 aliphatic carbocycles. The molecule has 0 spiro atoms. The van der Waals surface area contributed by atoms with Crippen LogP contribution in [0.2, 0.25) is 0 Å². The van der Waals surface area contributed by atoms with Crippen LogP contribution in [0.3, 0.4) is 0 Å². The van der Waals surface area contributed by atoms with Gasteiger partial charge in [-0.2, -0.15) is 0 Å². The van der Waals surface area contributed by atoms with E-state index < -0.39 is 12.1 Å². The van der Waals surface area contributed by atoms with Gasteiger partial charge in [-0.05, 0) is 43.0 Å². The van der Waals surface area contributed by atoms with Gasteiger partial charge in [-0.3, -0.25) is 4.79 Å². The lowest BCUT2D eigenvalue weighted by Gasteiger charge is -2.12. The molecule has 1 atom stereocenters. The number of aliphatic imine (C=N–C) groups is 1. The van der Waals surface area contributed by atoms with Crippen LogP contribution in [0, 0.1) is 0 Å². The number of nitrogens with one attached hydrogen (secondary N) is 1. The van der Waals surface area contributed by atoms with Gasteiger partial charge in [-0.25, -0.2) is 9.79 Å². The van der Waals surface area contributed by atoms with Crippen molar-refractivity contribution in [1.29, 1.82) is 0 Å². The second-order valence-electron chi connectivity index (χ2n) is 5.79. The molecule has 1 fully saturated rings. The van der Waals surface area contributed by atoms with E-state index in [0.29, 0.717) is 32.8 Å². The molecule has 7 nitrogen and oxygen atoms in total. The molecule has 2 aromatic carbocycles. The van der Waals surface area contributed by atoms with Crippen molar-refractivity contribution in [2.75, 3.05) is 7.11 Å². The fourth-order valence-corrected chi connectivity index (χ4v) is 3.23. The molecule has 1 amide bonds. The van der Waals surface area contributed by atoms with Crippen LogP contribution in [0.25, 0.3) is 6.08 Å². The van der Waals surface area contributed by atoms with Gasteiger partial charge in [0.2, 0.25) is 0 Å². The molecule has 8 heteroatoms. The highest BCUT2D eigenvalue weighted by atomic mass is 32.2. The SMILES string of the molecule is COc1ccccc1N=C1NC(=O)/C(=C\c2ccccc2OC(C)C(=O)O)S1. The summed E-state index contributed by atoms with van der Waals surface area (Å²) in [6, 6.07) is 14.2. The van der Waals surface area contributed by atoms with Crippen LogP contribution in [-0.2, 0) is 9.59 Å². The minimum Gasteiger partial charge on any atom is -0.494 e. The Morgan fingerprint density at radius 2 is 1.86 bits per heavy atom. The number of ether oxygens (including phenoxy) is 2. The average Bonchev–Trinajstić information content (AvgIpc) is 3.02. The number of methoxy groups -OCH3 is 1. The molecular formula is C20H18N2O5S. The Morgan fingerprint density at radius 1 is 1.18 bits per heavy atom. The maximum absolute atomic E-state index is 12.3. The van der Waals surface area contributed by atoms with Gasteiger partial charge in [0, 0.05) is 5.56 Å². The highest BCUT2D eigenvalue weighted by Gasteiger charge is 2.25. The first-order chi connectivity index (χ1) is 13.5. The van der Waals surface area contributed by atoms with Crippen LogP contribution in [-0.4, -0.2) is 35.4 Å². The van der Waals surface area contributed by atoms with E-state index in [1.807, 2.05) is 12.1 Å². The predicted molar refractivity (Wildman–Crippen MR) is 108 cm³/mol. The summed E-state index contributed by atoms with van der Waals surface area (Å²) in [5, 5.41) is 12.2. The molecule has 0 saturated carbocycles. The van der Waals surface area contributed by atoms with E-state index >= 15 is 0 Å². The summed E-state index contributed by atoms with van der Waals surface area (Å²) in [7, 11) is 1.56. The van der Waals surface area contributed by atoms with Crippen LogP contribution in [0.1, 0.15) is 12.5 Å². The standard InChI is InChI=1S/C20H18N2O5S/c1-12(19(24)25)27-15-9-5-3-7-13(15)11-17-18(23)22-20(28-17)21-14-8-4-6-10-16(14)26-2/h3-12H,1-2H3,(H,24,25)(H,21,22,23)/b17-11+.